The number of rotatable bonds is 4. The standard InChI is InChI=1S/C2H10N4O/c1-3-4-5-6-7-2/h3-6H,1-2H3. The van der Waals surface area contributed by atoms with Crippen LogP contribution in [0, 0.1) is 0 Å². The van der Waals surface area contributed by atoms with Crippen LogP contribution in [-0.2, 0) is 4.84 Å². The molecule has 5 nitrogen and oxygen atoms in total. The van der Waals surface area contributed by atoms with E-state index in [-0.39, 0.29) is 0 Å². The van der Waals surface area contributed by atoms with Crippen LogP contribution < -0.4 is 22.1 Å². The lowest BCUT2D eigenvalue weighted by Gasteiger charge is -2.02. The fourth-order valence-corrected chi connectivity index (χ4v) is 0.139. The molecule has 0 atom stereocenters. The Labute approximate surface area is 42.3 Å². The van der Waals surface area contributed by atoms with Gasteiger partial charge in [0, 0.05) is 0 Å². The van der Waals surface area contributed by atoms with Crippen LogP contribution in [-0.4, -0.2) is 14.2 Å². The molecular formula is C2H10N4O. The number of hydrogen-bond acceptors (Lipinski definition) is 5. The maximum Gasteiger partial charge on any atom is 0.0589 e. The molecule has 0 amide bonds. The number of hydrogen-bond donors (Lipinski definition) is 4. The molecule has 0 rings (SSSR count). The van der Waals surface area contributed by atoms with Crippen molar-refractivity contribution >= 4 is 0 Å². The van der Waals surface area contributed by atoms with Crippen LogP contribution in [0.25, 0.3) is 0 Å². The van der Waals surface area contributed by atoms with Crippen molar-refractivity contribution in [2.75, 3.05) is 14.2 Å². The predicted octanol–water partition coefficient (Wildman–Crippen LogP) is -1.72. The monoisotopic (exact) mass is 106 g/mol. The first-order chi connectivity index (χ1) is 3.41. The summed E-state index contributed by atoms with van der Waals surface area (Å²) in [6, 6.07) is 0. The summed E-state index contributed by atoms with van der Waals surface area (Å²) in [6.07, 6.45) is 0. The molecule has 0 aliphatic heterocycles. The second kappa shape index (κ2) is 5.80. The van der Waals surface area contributed by atoms with Gasteiger partial charge < -0.3 is 0 Å². The lowest BCUT2D eigenvalue weighted by molar-refractivity contribution is 0.0371. The summed E-state index contributed by atoms with van der Waals surface area (Å²) in [7, 11) is 3.23. The molecule has 0 bridgehead atoms. The Kier molecular flexibility index (Phi) is 5.63. The molecule has 0 unspecified atom stereocenters. The summed E-state index contributed by atoms with van der Waals surface area (Å²) in [4.78, 5) is 4.38. The van der Waals surface area contributed by atoms with E-state index in [1.165, 1.54) is 7.11 Å². The first-order valence-electron chi connectivity index (χ1n) is 1.86. The van der Waals surface area contributed by atoms with Gasteiger partial charge in [-0.3, -0.25) is 4.84 Å². The maximum atomic E-state index is 4.38. The van der Waals surface area contributed by atoms with Gasteiger partial charge in [0.05, 0.1) is 7.11 Å². The molecule has 0 fully saturated rings. The Morgan fingerprint density at radius 3 is 2.43 bits per heavy atom. The highest BCUT2D eigenvalue weighted by molar-refractivity contribution is 4.02. The van der Waals surface area contributed by atoms with Crippen molar-refractivity contribution in [1.29, 1.82) is 0 Å². The average Bonchev–Trinajstić information content (AvgIpc) is 1.69. The number of hydrazine groups is 3. The molecule has 0 saturated carbocycles. The molecule has 0 aromatic rings. The van der Waals surface area contributed by atoms with Gasteiger partial charge in [0.15, 0.2) is 0 Å². The van der Waals surface area contributed by atoms with Gasteiger partial charge in [0.2, 0.25) is 0 Å². The van der Waals surface area contributed by atoms with Crippen molar-refractivity contribution in [3.8, 4) is 0 Å². The minimum atomic E-state index is 1.50. The van der Waals surface area contributed by atoms with E-state index in [9.17, 15) is 0 Å². The largest absolute Gasteiger partial charge is 0.289 e. The van der Waals surface area contributed by atoms with Gasteiger partial charge in [-0.05, 0) is 7.05 Å². The zero-order valence-corrected chi connectivity index (χ0v) is 4.41. The van der Waals surface area contributed by atoms with Gasteiger partial charge >= 0.3 is 0 Å². The van der Waals surface area contributed by atoms with Crippen LogP contribution in [0.1, 0.15) is 0 Å². The molecule has 44 valence electrons. The molecule has 0 radical (unpaired) electrons. The molecule has 0 aromatic heterocycles. The van der Waals surface area contributed by atoms with Gasteiger partial charge in [-0.15, -0.1) is 5.59 Å². The zero-order chi connectivity index (χ0) is 5.54. The predicted molar refractivity (Wildman–Crippen MR) is 25.5 cm³/mol. The fraction of sp³-hybridized carbons (Fsp3) is 1.00. The highest BCUT2D eigenvalue weighted by atomic mass is 16.7. The second-order valence-corrected chi connectivity index (χ2v) is 0.806. The molecule has 4 N–H and O–H groups in total. The lowest BCUT2D eigenvalue weighted by Crippen LogP contribution is -2.48. The van der Waals surface area contributed by atoms with E-state index in [1.54, 1.807) is 7.05 Å². The normalized spacial score (nSPS) is 9.43. The third kappa shape index (κ3) is 5.80. The molecule has 0 heterocycles. The van der Waals surface area contributed by atoms with E-state index in [0.717, 1.165) is 0 Å². The smallest absolute Gasteiger partial charge is 0.0589 e. The Morgan fingerprint density at radius 2 is 2.00 bits per heavy atom. The second-order valence-electron chi connectivity index (χ2n) is 0.806. The molecule has 0 aliphatic carbocycles. The van der Waals surface area contributed by atoms with Crippen molar-refractivity contribution in [2.45, 2.75) is 0 Å². The summed E-state index contributed by atoms with van der Waals surface area (Å²) in [5.41, 5.74) is 9.89. The topological polar surface area (TPSA) is 57.3 Å². The third-order valence-electron chi connectivity index (χ3n) is 0.341. The molecule has 0 aromatic carbocycles. The van der Waals surface area contributed by atoms with Gasteiger partial charge in [-0.1, -0.05) is 0 Å². The summed E-state index contributed by atoms with van der Waals surface area (Å²) in [5, 5.41) is 0. The average molecular weight is 106 g/mol. The molecular weight excluding hydrogens is 96.0 g/mol. The van der Waals surface area contributed by atoms with Crippen LogP contribution in [0.3, 0.4) is 0 Å². The Morgan fingerprint density at radius 1 is 1.29 bits per heavy atom. The first-order valence-corrected chi connectivity index (χ1v) is 1.86. The van der Waals surface area contributed by atoms with Crippen molar-refractivity contribution in [3.05, 3.63) is 0 Å². The van der Waals surface area contributed by atoms with E-state index in [2.05, 4.69) is 26.9 Å². The summed E-state index contributed by atoms with van der Waals surface area (Å²) in [6.45, 7) is 0. The van der Waals surface area contributed by atoms with Crippen LogP contribution >= 0.6 is 0 Å². The number of nitrogens with one attached hydrogen (secondary N) is 4. The van der Waals surface area contributed by atoms with E-state index in [0.29, 0.717) is 0 Å². The van der Waals surface area contributed by atoms with Crippen LogP contribution in [0.15, 0.2) is 0 Å². The summed E-state index contributed by atoms with van der Waals surface area (Å²) < 4.78 is 0. The van der Waals surface area contributed by atoms with Crippen LogP contribution in [0.4, 0.5) is 0 Å². The van der Waals surface area contributed by atoms with E-state index in [1.807, 2.05) is 0 Å². The van der Waals surface area contributed by atoms with Crippen LogP contribution in [0.5, 0.6) is 0 Å². The van der Waals surface area contributed by atoms with Crippen molar-refractivity contribution in [1.82, 2.24) is 22.1 Å². The molecule has 5 heteroatoms. The van der Waals surface area contributed by atoms with Gasteiger partial charge in [0.1, 0.15) is 0 Å². The minimum Gasteiger partial charge on any atom is -0.289 e. The zero-order valence-electron chi connectivity index (χ0n) is 4.41. The molecule has 0 spiro atoms. The quantitative estimate of drug-likeness (QED) is 0.254. The summed E-state index contributed by atoms with van der Waals surface area (Å²) >= 11 is 0. The Balaban J connectivity index is 2.45. The van der Waals surface area contributed by atoms with Crippen molar-refractivity contribution in [2.24, 2.45) is 0 Å². The fourth-order valence-electron chi connectivity index (χ4n) is 0.139. The summed E-state index contributed by atoms with van der Waals surface area (Å²) in [5.74, 6) is 0. The maximum absolute atomic E-state index is 4.38. The molecule has 0 aliphatic rings. The highest BCUT2D eigenvalue weighted by Gasteiger charge is 1.69. The molecule has 7 heavy (non-hydrogen) atoms. The lowest BCUT2D eigenvalue weighted by atomic mass is 11.5. The van der Waals surface area contributed by atoms with Gasteiger partial charge in [0.25, 0.3) is 0 Å². The minimum absolute atomic E-state index is 1.50. The van der Waals surface area contributed by atoms with Crippen LogP contribution in [0.2, 0.25) is 0 Å². The SMILES string of the molecule is CNNNNOC. The van der Waals surface area contributed by atoms with Gasteiger partial charge in [-0.2, -0.15) is 11.1 Å². The highest BCUT2D eigenvalue weighted by Crippen LogP contribution is 1.35. The third-order valence-corrected chi connectivity index (χ3v) is 0.341. The van der Waals surface area contributed by atoms with Crippen molar-refractivity contribution < 1.29 is 4.84 Å². The first kappa shape index (κ1) is 6.80. The van der Waals surface area contributed by atoms with Gasteiger partial charge in [-0.25, -0.2) is 5.43 Å². The Bertz CT molecular complexity index is 28.9. The van der Waals surface area contributed by atoms with E-state index < -0.39 is 0 Å². The Hall–Kier alpha value is -0.200. The van der Waals surface area contributed by atoms with E-state index >= 15 is 0 Å². The van der Waals surface area contributed by atoms with Crippen molar-refractivity contribution in [3.63, 3.8) is 0 Å². The van der Waals surface area contributed by atoms with E-state index in [4.69, 9.17) is 0 Å². The molecule has 0 saturated heterocycles.